The average molecular weight is 243 g/mol. The first-order chi connectivity index (χ1) is 8.65. The molecule has 0 aliphatic heterocycles. The van der Waals surface area contributed by atoms with Crippen LogP contribution in [0.2, 0.25) is 0 Å². The fraction of sp³-hybridized carbons (Fsp3) is 0.357. The predicted molar refractivity (Wildman–Crippen MR) is 69.2 cm³/mol. The lowest BCUT2D eigenvalue weighted by Crippen LogP contribution is -2.08. The Labute approximate surface area is 107 Å². The quantitative estimate of drug-likeness (QED) is 0.805. The van der Waals surface area contributed by atoms with Gasteiger partial charge in [0.15, 0.2) is 0 Å². The van der Waals surface area contributed by atoms with Gasteiger partial charge in [0.25, 0.3) is 0 Å². The summed E-state index contributed by atoms with van der Waals surface area (Å²) in [7, 11) is 1.87. The van der Waals surface area contributed by atoms with Crippen LogP contribution in [-0.2, 0) is 24.7 Å². The monoisotopic (exact) mass is 243 g/mol. The van der Waals surface area contributed by atoms with E-state index in [9.17, 15) is 4.79 Å². The molecule has 0 unspecified atom stereocenters. The molecule has 0 fully saturated rings. The zero-order chi connectivity index (χ0) is 13.0. The van der Waals surface area contributed by atoms with E-state index in [-0.39, 0.29) is 5.78 Å². The number of pyridine rings is 1. The van der Waals surface area contributed by atoms with E-state index in [0.717, 1.165) is 17.1 Å². The molecule has 0 aliphatic carbocycles. The molecular formula is C14H17N3O. The molecule has 0 amide bonds. The highest BCUT2D eigenvalue weighted by Gasteiger charge is 2.08. The maximum absolute atomic E-state index is 11.9. The molecular weight excluding hydrogens is 226 g/mol. The van der Waals surface area contributed by atoms with E-state index in [4.69, 9.17) is 0 Å². The smallest absolute Gasteiger partial charge is 0.139 e. The number of aryl methyl sites for hydroxylation is 3. The summed E-state index contributed by atoms with van der Waals surface area (Å²) in [6.07, 6.45) is 3.44. The van der Waals surface area contributed by atoms with Crippen molar-refractivity contribution in [3.05, 3.63) is 47.5 Å². The summed E-state index contributed by atoms with van der Waals surface area (Å²) in [4.78, 5) is 16.1. The number of hydrogen-bond donors (Lipinski definition) is 0. The van der Waals surface area contributed by atoms with Gasteiger partial charge in [-0.25, -0.2) is 0 Å². The third kappa shape index (κ3) is 3.26. The second-order valence-corrected chi connectivity index (χ2v) is 4.44. The van der Waals surface area contributed by atoms with Gasteiger partial charge in [-0.2, -0.15) is 5.10 Å². The molecule has 94 valence electrons. The molecule has 2 heterocycles. The van der Waals surface area contributed by atoms with E-state index in [2.05, 4.69) is 10.1 Å². The van der Waals surface area contributed by atoms with Gasteiger partial charge in [0.1, 0.15) is 5.78 Å². The van der Waals surface area contributed by atoms with Crippen LogP contribution in [0.3, 0.4) is 0 Å². The number of Topliss-reactive ketones (excluding diaryl/α,β-unsaturated/α-hetero) is 1. The van der Waals surface area contributed by atoms with Crippen LogP contribution in [0.25, 0.3) is 0 Å². The summed E-state index contributed by atoms with van der Waals surface area (Å²) in [6, 6.07) is 7.72. The van der Waals surface area contributed by atoms with Crippen molar-refractivity contribution in [3.63, 3.8) is 0 Å². The molecule has 0 aromatic carbocycles. The van der Waals surface area contributed by atoms with Crippen LogP contribution in [0.5, 0.6) is 0 Å². The van der Waals surface area contributed by atoms with Crippen LogP contribution in [0.15, 0.2) is 30.5 Å². The second kappa shape index (κ2) is 5.58. The summed E-state index contributed by atoms with van der Waals surface area (Å²) in [6.45, 7) is 1.93. The Morgan fingerprint density at radius 3 is 2.83 bits per heavy atom. The van der Waals surface area contributed by atoms with Gasteiger partial charge in [-0.1, -0.05) is 6.07 Å². The number of rotatable bonds is 5. The van der Waals surface area contributed by atoms with E-state index in [0.29, 0.717) is 19.3 Å². The summed E-state index contributed by atoms with van der Waals surface area (Å²) in [5, 5.41) is 4.23. The first-order valence-electron chi connectivity index (χ1n) is 6.06. The number of carbonyl (C=O) groups is 1. The molecule has 4 nitrogen and oxygen atoms in total. The molecule has 0 saturated heterocycles. The van der Waals surface area contributed by atoms with Crippen molar-refractivity contribution in [3.8, 4) is 0 Å². The Morgan fingerprint density at radius 2 is 2.22 bits per heavy atom. The van der Waals surface area contributed by atoms with Crippen molar-refractivity contribution in [2.45, 2.75) is 26.2 Å². The minimum absolute atomic E-state index is 0.226. The van der Waals surface area contributed by atoms with Crippen LogP contribution in [-0.4, -0.2) is 20.5 Å². The van der Waals surface area contributed by atoms with Gasteiger partial charge in [0.05, 0.1) is 5.69 Å². The second-order valence-electron chi connectivity index (χ2n) is 4.44. The summed E-state index contributed by atoms with van der Waals surface area (Å²) < 4.78 is 1.77. The van der Waals surface area contributed by atoms with Crippen LogP contribution in [0, 0.1) is 6.92 Å². The first-order valence-corrected chi connectivity index (χ1v) is 6.06. The van der Waals surface area contributed by atoms with Crippen molar-refractivity contribution in [1.82, 2.24) is 14.8 Å². The van der Waals surface area contributed by atoms with Crippen molar-refractivity contribution in [1.29, 1.82) is 0 Å². The zero-order valence-corrected chi connectivity index (χ0v) is 10.8. The first kappa shape index (κ1) is 12.5. The lowest BCUT2D eigenvalue weighted by molar-refractivity contribution is -0.118. The van der Waals surface area contributed by atoms with Crippen molar-refractivity contribution in [2.75, 3.05) is 0 Å². The molecule has 2 aromatic heterocycles. The minimum Gasteiger partial charge on any atom is -0.299 e. The molecule has 0 N–H and O–H groups in total. The average Bonchev–Trinajstić information content (AvgIpc) is 2.67. The topological polar surface area (TPSA) is 47.8 Å². The third-order valence-electron chi connectivity index (χ3n) is 2.86. The van der Waals surface area contributed by atoms with E-state index in [1.165, 1.54) is 0 Å². The molecule has 18 heavy (non-hydrogen) atoms. The number of nitrogens with zero attached hydrogens (tertiary/aromatic N) is 3. The fourth-order valence-electron chi connectivity index (χ4n) is 1.93. The number of aromatic nitrogens is 3. The molecule has 2 aromatic rings. The molecule has 2 rings (SSSR count). The molecule has 0 atom stereocenters. The highest BCUT2D eigenvalue weighted by atomic mass is 16.1. The number of ketones is 1. The maximum Gasteiger partial charge on any atom is 0.139 e. The predicted octanol–water partition coefficient (Wildman–Crippen LogP) is 1.87. The Bertz CT molecular complexity index is 531. The van der Waals surface area contributed by atoms with Crippen LogP contribution in [0.1, 0.15) is 23.5 Å². The molecule has 0 radical (unpaired) electrons. The summed E-state index contributed by atoms with van der Waals surface area (Å²) in [5.74, 6) is 0.226. The number of carbonyl (C=O) groups excluding carboxylic acids is 1. The Morgan fingerprint density at radius 1 is 1.39 bits per heavy atom. The van der Waals surface area contributed by atoms with E-state index < -0.39 is 0 Å². The molecule has 0 aliphatic rings. The maximum atomic E-state index is 11.9. The van der Waals surface area contributed by atoms with Crippen LogP contribution in [0.4, 0.5) is 0 Å². The van der Waals surface area contributed by atoms with Gasteiger partial charge in [-0.15, -0.1) is 0 Å². The Kier molecular flexibility index (Phi) is 3.87. The third-order valence-corrected chi connectivity index (χ3v) is 2.86. The van der Waals surface area contributed by atoms with E-state index in [1.807, 2.05) is 38.2 Å². The van der Waals surface area contributed by atoms with E-state index in [1.54, 1.807) is 10.9 Å². The van der Waals surface area contributed by atoms with Gasteiger partial charge >= 0.3 is 0 Å². The molecule has 4 heteroatoms. The van der Waals surface area contributed by atoms with Crippen molar-refractivity contribution < 1.29 is 4.79 Å². The van der Waals surface area contributed by atoms with Crippen molar-refractivity contribution in [2.24, 2.45) is 7.05 Å². The summed E-state index contributed by atoms with van der Waals surface area (Å²) >= 11 is 0. The highest BCUT2D eigenvalue weighted by molar-refractivity contribution is 5.80. The largest absolute Gasteiger partial charge is 0.299 e. The molecule has 0 bridgehead atoms. The van der Waals surface area contributed by atoms with Gasteiger partial charge < -0.3 is 0 Å². The SMILES string of the molecule is Cc1cc(CC(=O)CCc2ccccn2)n(C)n1. The highest BCUT2D eigenvalue weighted by Crippen LogP contribution is 2.06. The summed E-state index contributed by atoms with van der Waals surface area (Å²) in [5.41, 5.74) is 2.88. The lowest BCUT2D eigenvalue weighted by atomic mass is 10.1. The van der Waals surface area contributed by atoms with Gasteiger partial charge in [-0.3, -0.25) is 14.5 Å². The van der Waals surface area contributed by atoms with Crippen LogP contribution >= 0.6 is 0 Å². The van der Waals surface area contributed by atoms with Gasteiger partial charge in [0, 0.05) is 37.5 Å². The van der Waals surface area contributed by atoms with Crippen LogP contribution < -0.4 is 0 Å². The van der Waals surface area contributed by atoms with E-state index >= 15 is 0 Å². The normalized spacial score (nSPS) is 10.6. The molecule has 0 saturated carbocycles. The minimum atomic E-state index is 0.226. The Hall–Kier alpha value is -1.97. The van der Waals surface area contributed by atoms with Gasteiger partial charge in [0.2, 0.25) is 0 Å². The molecule has 0 spiro atoms. The van der Waals surface area contributed by atoms with Crippen molar-refractivity contribution >= 4 is 5.78 Å². The Balaban J connectivity index is 1.88. The number of hydrogen-bond acceptors (Lipinski definition) is 3. The fourth-order valence-corrected chi connectivity index (χ4v) is 1.93. The van der Waals surface area contributed by atoms with Gasteiger partial charge in [-0.05, 0) is 31.5 Å². The lowest BCUT2D eigenvalue weighted by Gasteiger charge is -2.01. The standard InChI is InChI=1S/C14H17N3O/c1-11-9-13(17(2)16-11)10-14(18)7-6-12-5-3-4-8-15-12/h3-5,8-9H,6-7,10H2,1-2H3. The zero-order valence-electron chi connectivity index (χ0n) is 10.8.